The van der Waals surface area contributed by atoms with Crippen LogP contribution < -0.4 is 0 Å². The highest BCUT2D eigenvalue weighted by Crippen LogP contribution is 2.40. The molecule has 0 amide bonds. The second kappa shape index (κ2) is 13.4. The zero-order valence-corrected chi connectivity index (χ0v) is 29.4. The molecule has 0 fully saturated rings. The molecule has 0 aliphatic rings. The van der Waals surface area contributed by atoms with Gasteiger partial charge in [-0.2, -0.15) is 0 Å². The molecule has 0 saturated carbocycles. The molecule has 9 aromatic carbocycles. The van der Waals surface area contributed by atoms with Crippen molar-refractivity contribution in [3.63, 3.8) is 0 Å². The molecule has 0 saturated heterocycles. The zero-order chi connectivity index (χ0) is 35.8. The molecule has 10 rings (SSSR count). The van der Waals surface area contributed by atoms with Crippen molar-refractivity contribution >= 4 is 32.3 Å². The van der Waals surface area contributed by atoms with Crippen molar-refractivity contribution < 1.29 is 0 Å². The standard InChI is InChI=1S/C51H33N3/c1-2-14-34(15-3-1)38-30-31-44(48(33-38)45-27-11-19-35-16-4-7-24-41(35)45)39-22-10-23-40(32-39)49-52-50(46-28-12-20-36-17-5-8-25-42(36)46)54-51(53-49)47-29-13-21-37-18-6-9-26-43(37)47/h1-33H. The van der Waals surface area contributed by atoms with Gasteiger partial charge in [-0.1, -0.05) is 188 Å². The van der Waals surface area contributed by atoms with Crippen LogP contribution in [0, 0.1) is 0 Å². The minimum Gasteiger partial charge on any atom is -0.208 e. The third-order valence-corrected chi connectivity index (χ3v) is 10.3. The van der Waals surface area contributed by atoms with Crippen LogP contribution in [0.3, 0.4) is 0 Å². The summed E-state index contributed by atoms with van der Waals surface area (Å²) in [4.78, 5) is 15.6. The first kappa shape index (κ1) is 31.5. The van der Waals surface area contributed by atoms with Crippen LogP contribution in [-0.4, -0.2) is 15.0 Å². The van der Waals surface area contributed by atoms with Gasteiger partial charge in [-0.05, 0) is 77.8 Å². The Morgan fingerprint density at radius 1 is 0.222 bits per heavy atom. The Morgan fingerprint density at radius 3 is 1.28 bits per heavy atom. The Morgan fingerprint density at radius 2 is 0.667 bits per heavy atom. The van der Waals surface area contributed by atoms with Gasteiger partial charge in [0, 0.05) is 16.7 Å². The van der Waals surface area contributed by atoms with Crippen LogP contribution >= 0.6 is 0 Å². The van der Waals surface area contributed by atoms with Crippen molar-refractivity contribution in [2.45, 2.75) is 0 Å². The maximum absolute atomic E-state index is 5.22. The lowest BCUT2D eigenvalue weighted by Crippen LogP contribution is -2.01. The van der Waals surface area contributed by atoms with Gasteiger partial charge in [0.15, 0.2) is 17.5 Å². The maximum atomic E-state index is 5.22. The van der Waals surface area contributed by atoms with Crippen molar-refractivity contribution in [1.82, 2.24) is 15.0 Å². The van der Waals surface area contributed by atoms with Crippen LogP contribution in [0.1, 0.15) is 0 Å². The van der Waals surface area contributed by atoms with Gasteiger partial charge in [0.1, 0.15) is 0 Å². The number of nitrogens with zero attached hydrogens (tertiary/aromatic N) is 3. The minimum absolute atomic E-state index is 0.630. The van der Waals surface area contributed by atoms with Crippen molar-refractivity contribution in [2.24, 2.45) is 0 Å². The smallest absolute Gasteiger partial charge is 0.164 e. The van der Waals surface area contributed by atoms with Gasteiger partial charge in [-0.15, -0.1) is 0 Å². The lowest BCUT2D eigenvalue weighted by Gasteiger charge is -2.16. The third kappa shape index (κ3) is 5.69. The van der Waals surface area contributed by atoms with Crippen LogP contribution in [0.25, 0.3) is 99.9 Å². The van der Waals surface area contributed by atoms with Crippen LogP contribution in [0.4, 0.5) is 0 Å². The summed E-state index contributed by atoms with van der Waals surface area (Å²) in [7, 11) is 0. The van der Waals surface area contributed by atoms with Crippen LogP contribution in [-0.2, 0) is 0 Å². The Kier molecular flexibility index (Phi) is 7.81. The van der Waals surface area contributed by atoms with Gasteiger partial charge in [0.05, 0.1) is 0 Å². The average Bonchev–Trinajstić information content (AvgIpc) is 3.26. The van der Waals surface area contributed by atoms with E-state index in [9.17, 15) is 0 Å². The first-order valence-electron chi connectivity index (χ1n) is 18.3. The highest BCUT2D eigenvalue weighted by atomic mass is 15.0. The molecule has 252 valence electrons. The van der Waals surface area contributed by atoms with Crippen molar-refractivity contribution in [3.8, 4) is 67.5 Å². The van der Waals surface area contributed by atoms with Gasteiger partial charge in [-0.3, -0.25) is 0 Å². The number of aromatic nitrogens is 3. The Hall–Kier alpha value is -7.23. The molecule has 1 heterocycles. The Balaban J connectivity index is 1.18. The Labute approximate surface area is 313 Å². The number of hydrogen-bond acceptors (Lipinski definition) is 3. The van der Waals surface area contributed by atoms with E-state index in [2.05, 4.69) is 200 Å². The van der Waals surface area contributed by atoms with E-state index in [-0.39, 0.29) is 0 Å². The summed E-state index contributed by atoms with van der Waals surface area (Å²) in [5.74, 6) is 1.92. The molecule has 54 heavy (non-hydrogen) atoms. The molecular formula is C51H33N3. The number of benzene rings is 9. The molecule has 3 heteroatoms. The molecule has 0 bridgehead atoms. The first-order valence-corrected chi connectivity index (χ1v) is 18.3. The predicted molar refractivity (Wildman–Crippen MR) is 225 cm³/mol. The van der Waals surface area contributed by atoms with Gasteiger partial charge < -0.3 is 0 Å². The number of fused-ring (bicyclic) bond motifs is 3. The van der Waals surface area contributed by atoms with Crippen molar-refractivity contribution in [2.75, 3.05) is 0 Å². The van der Waals surface area contributed by atoms with E-state index in [4.69, 9.17) is 15.0 Å². The lowest BCUT2D eigenvalue weighted by atomic mass is 9.88. The summed E-state index contributed by atoms with van der Waals surface area (Å²) in [6.45, 7) is 0. The summed E-state index contributed by atoms with van der Waals surface area (Å²) in [5.41, 5.74) is 9.85. The van der Waals surface area contributed by atoms with Crippen LogP contribution in [0.5, 0.6) is 0 Å². The van der Waals surface area contributed by atoms with Gasteiger partial charge in [-0.25, -0.2) is 15.0 Å². The molecule has 0 atom stereocenters. The fourth-order valence-electron chi connectivity index (χ4n) is 7.70. The number of hydrogen-bond donors (Lipinski definition) is 0. The number of rotatable bonds is 6. The van der Waals surface area contributed by atoms with Crippen molar-refractivity contribution in [3.05, 3.63) is 200 Å². The fourth-order valence-corrected chi connectivity index (χ4v) is 7.70. The van der Waals surface area contributed by atoms with Crippen LogP contribution in [0.2, 0.25) is 0 Å². The summed E-state index contributed by atoms with van der Waals surface area (Å²) in [6.07, 6.45) is 0. The topological polar surface area (TPSA) is 38.7 Å². The van der Waals surface area contributed by atoms with E-state index in [1.807, 2.05) is 0 Å². The molecule has 0 unspecified atom stereocenters. The maximum Gasteiger partial charge on any atom is 0.164 e. The van der Waals surface area contributed by atoms with Crippen LogP contribution in [0.15, 0.2) is 200 Å². The van der Waals surface area contributed by atoms with Gasteiger partial charge >= 0.3 is 0 Å². The van der Waals surface area contributed by atoms with E-state index >= 15 is 0 Å². The first-order chi connectivity index (χ1) is 26.8. The Bertz CT molecular complexity index is 2890. The highest BCUT2D eigenvalue weighted by molar-refractivity contribution is 6.02. The second-order valence-electron chi connectivity index (χ2n) is 13.6. The zero-order valence-electron chi connectivity index (χ0n) is 29.4. The minimum atomic E-state index is 0.630. The summed E-state index contributed by atoms with van der Waals surface area (Å²) >= 11 is 0. The predicted octanol–water partition coefficient (Wildman–Crippen LogP) is 13.3. The molecule has 0 aliphatic carbocycles. The summed E-state index contributed by atoms with van der Waals surface area (Å²) in [6, 6.07) is 70.7. The molecule has 0 aliphatic heterocycles. The van der Waals surface area contributed by atoms with E-state index in [0.29, 0.717) is 17.5 Å². The molecule has 10 aromatic rings. The van der Waals surface area contributed by atoms with E-state index < -0.39 is 0 Å². The quantitative estimate of drug-likeness (QED) is 0.175. The molecule has 1 aromatic heterocycles. The molecular weight excluding hydrogens is 655 g/mol. The van der Waals surface area contributed by atoms with Gasteiger partial charge in [0.2, 0.25) is 0 Å². The van der Waals surface area contributed by atoms with E-state index in [0.717, 1.165) is 49.4 Å². The fraction of sp³-hybridized carbons (Fsp3) is 0. The highest BCUT2D eigenvalue weighted by Gasteiger charge is 2.18. The summed E-state index contributed by atoms with van der Waals surface area (Å²) in [5, 5.41) is 6.93. The summed E-state index contributed by atoms with van der Waals surface area (Å²) < 4.78 is 0. The van der Waals surface area contributed by atoms with Gasteiger partial charge in [0.25, 0.3) is 0 Å². The van der Waals surface area contributed by atoms with E-state index in [1.54, 1.807) is 0 Å². The monoisotopic (exact) mass is 687 g/mol. The largest absolute Gasteiger partial charge is 0.208 e. The SMILES string of the molecule is c1ccc(-c2ccc(-c3cccc(-c4nc(-c5cccc6ccccc56)nc(-c5cccc6ccccc56)n4)c3)c(-c3cccc4ccccc34)c2)cc1. The second-order valence-corrected chi connectivity index (χ2v) is 13.6. The molecule has 0 spiro atoms. The molecule has 3 nitrogen and oxygen atoms in total. The average molecular weight is 688 g/mol. The van der Waals surface area contributed by atoms with Crippen molar-refractivity contribution in [1.29, 1.82) is 0 Å². The molecule has 0 radical (unpaired) electrons. The third-order valence-electron chi connectivity index (χ3n) is 10.3. The van der Waals surface area contributed by atoms with E-state index in [1.165, 1.54) is 33.0 Å². The normalized spacial score (nSPS) is 11.3. The molecule has 0 N–H and O–H groups in total. The lowest BCUT2D eigenvalue weighted by molar-refractivity contribution is 1.08.